The maximum absolute atomic E-state index is 8.68. The average molecular weight is 211 g/mol. The summed E-state index contributed by atoms with van der Waals surface area (Å²) < 4.78 is 1.96. The molecule has 0 saturated carbocycles. The maximum Gasteiger partial charge on any atom is 0.0661 e. The molecule has 0 aliphatic heterocycles. The normalized spacial score (nSPS) is 11.1. The van der Waals surface area contributed by atoms with Gasteiger partial charge in [-0.1, -0.05) is 29.8 Å². The van der Waals surface area contributed by atoms with Crippen LogP contribution in [0.1, 0.15) is 5.56 Å². The molecule has 4 heteroatoms. The lowest BCUT2D eigenvalue weighted by molar-refractivity contribution is 0.161. The first-order valence-corrected chi connectivity index (χ1v) is 4.71. The quantitative estimate of drug-likeness (QED) is 0.747. The minimum absolute atomic E-state index is 0.422. The zero-order chi connectivity index (χ0) is 10.1. The van der Waals surface area contributed by atoms with Crippen LogP contribution in [-0.4, -0.2) is 9.77 Å². The fourth-order valence-electron chi connectivity index (χ4n) is 1.73. The van der Waals surface area contributed by atoms with Gasteiger partial charge >= 0.3 is 0 Å². The van der Waals surface area contributed by atoms with Gasteiger partial charge in [0.25, 0.3) is 0 Å². The van der Waals surface area contributed by atoms with Crippen LogP contribution in [0, 0.1) is 0 Å². The summed E-state index contributed by atoms with van der Waals surface area (Å²) in [4.78, 5) is 0. The molecule has 1 aromatic heterocycles. The van der Waals surface area contributed by atoms with Crippen molar-refractivity contribution in [1.82, 2.24) is 10.0 Å². The lowest BCUT2D eigenvalue weighted by Gasteiger charge is -2.04. The van der Waals surface area contributed by atoms with E-state index in [0.717, 1.165) is 21.5 Å². The Hall–Kier alpha value is -1.03. The predicted octanol–water partition coefficient (Wildman–Crippen LogP) is 2.31. The van der Waals surface area contributed by atoms with Gasteiger partial charge in [0.15, 0.2) is 0 Å². The van der Waals surface area contributed by atoms with Crippen molar-refractivity contribution in [3.05, 3.63) is 35.0 Å². The van der Waals surface area contributed by atoms with Crippen molar-refractivity contribution in [2.24, 2.45) is 7.05 Å². The van der Waals surface area contributed by atoms with Gasteiger partial charge < -0.3 is 9.77 Å². The number of rotatable bonds is 2. The molecule has 0 unspecified atom stereocenters. The van der Waals surface area contributed by atoms with Crippen LogP contribution in [-0.2, 0) is 13.6 Å². The van der Waals surface area contributed by atoms with Gasteiger partial charge in [0, 0.05) is 25.2 Å². The summed E-state index contributed by atoms with van der Waals surface area (Å²) in [5, 5.41) is 10.4. The summed E-state index contributed by atoms with van der Waals surface area (Å²) >= 11 is 6.05. The number of nitrogens with one attached hydrogen (secondary N) is 1. The van der Waals surface area contributed by atoms with Crippen molar-refractivity contribution < 1.29 is 5.21 Å². The number of para-hydroxylation sites is 1. The maximum atomic E-state index is 8.68. The summed E-state index contributed by atoms with van der Waals surface area (Å²) in [5.41, 5.74) is 4.24. The van der Waals surface area contributed by atoms with E-state index in [1.807, 2.05) is 36.0 Å². The molecule has 0 aliphatic rings. The Kier molecular flexibility index (Phi) is 2.46. The summed E-state index contributed by atoms with van der Waals surface area (Å²) in [6.07, 6.45) is 1.87. The van der Waals surface area contributed by atoms with Gasteiger partial charge in [0.2, 0.25) is 0 Å². The fraction of sp³-hybridized carbons (Fsp3) is 0.200. The van der Waals surface area contributed by atoms with Gasteiger partial charge in [-0.05, 0) is 5.56 Å². The number of hydrogen-bond donors (Lipinski definition) is 2. The van der Waals surface area contributed by atoms with Gasteiger partial charge in [-0.2, -0.15) is 0 Å². The molecule has 0 fully saturated rings. The number of nitrogens with zero attached hydrogens (tertiary/aromatic N) is 1. The highest BCUT2D eigenvalue weighted by Gasteiger charge is 2.07. The molecule has 0 spiro atoms. The molecule has 0 radical (unpaired) electrons. The summed E-state index contributed by atoms with van der Waals surface area (Å²) in [7, 11) is 1.94. The number of halogens is 1. The smallest absolute Gasteiger partial charge is 0.0661 e. The molecule has 0 atom stereocenters. The van der Waals surface area contributed by atoms with E-state index in [1.165, 1.54) is 0 Å². The van der Waals surface area contributed by atoms with Crippen molar-refractivity contribution in [3.8, 4) is 0 Å². The van der Waals surface area contributed by atoms with Gasteiger partial charge in [-0.25, -0.2) is 5.48 Å². The second-order valence-corrected chi connectivity index (χ2v) is 3.64. The Morgan fingerprint density at radius 2 is 2.29 bits per heavy atom. The average Bonchev–Trinajstić information content (AvgIpc) is 2.44. The summed E-state index contributed by atoms with van der Waals surface area (Å²) in [6, 6.07) is 5.86. The zero-order valence-electron chi connectivity index (χ0n) is 7.79. The minimum atomic E-state index is 0.422. The molecule has 1 aromatic carbocycles. The van der Waals surface area contributed by atoms with Gasteiger partial charge in [-0.15, -0.1) is 0 Å². The molecule has 14 heavy (non-hydrogen) atoms. The van der Waals surface area contributed by atoms with E-state index in [0.29, 0.717) is 6.54 Å². The van der Waals surface area contributed by atoms with Crippen LogP contribution in [0.2, 0.25) is 5.02 Å². The van der Waals surface area contributed by atoms with Crippen molar-refractivity contribution in [2.45, 2.75) is 6.54 Å². The Bertz CT molecular complexity index is 464. The van der Waals surface area contributed by atoms with Crippen LogP contribution in [0.4, 0.5) is 0 Å². The molecule has 0 amide bonds. The number of aromatic nitrogens is 1. The van der Waals surface area contributed by atoms with E-state index in [-0.39, 0.29) is 0 Å². The van der Waals surface area contributed by atoms with E-state index in [4.69, 9.17) is 16.8 Å². The van der Waals surface area contributed by atoms with E-state index < -0.39 is 0 Å². The second-order valence-electron chi connectivity index (χ2n) is 3.24. The molecule has 2 aromatic rings. The topological polar surface area (TPSA) is 37.2 Å². The molecule has 2 rings (SSSR count). The van der Waals surface area contributed by atoms with E-state index in [1.54, 1.807) is 0 Å². The van der Waals surface area contributed by atoms with Crippen LogP contribution in [0.25, 0.3) is 10.9 Å². The molecular weight excluding hydrogens is 200 g/mol. The SMILES string of the molecule is Cn1cc(Cl)c2cccc(CNO)c21. The molecule has 2 N–H and O–H groups in total. The third kappa shape index (κ3) is 1.39. The number of hydroxylamine groups is 1. The van der Waals surface area contributed by atoms with E-state index in [9.17, 15) is 0 Å². The monoisotopic (exact) mass is 210 g/mol. The largest absolute Gasteiger partial charge is 0.349 e. The number of benzene rings is 1. The highest BCUT2D eigenvalue weighted by molar-refractivity contribution is 6.35. The fourth-order valence-corrected chi connectivity index (χ4v) is 2.03. The van der Waals surface area contributed by atoms with Crippen molar-refractivity contribution in [1.29, 1.82) is 0 Å². The van der Waals surface area contributed by atoms with Crippen LogP contribution in [0.15, 0.2) is 24.4 Å². The zero-order valence-corrected chi connectivity index (χ0v) is 8.54. The second kappa shape index (κ2) is 3.61. The lowest BCUT2D eigenvalue weighted by Crippen LogP contribution is -2.07. The third-order valence-corrected chi connectivity index (χ3v) is 2.61. The Morgan fingerprint density at radius 3 is 3.00 bits per heavy atom. The van der Waals surface area contributed by atoms with Gasteiger partial charge in [-0.3, -0.25) is 0 Å². The molecule has 1 heterocycles. The Balaban J connectivity index is 2.72. The number of aryl methyl sites for hydroxylation is 1. The molecule has 3 nitrogen and oxygen atoms in total. The standard InChI is InChI=1S/C10H11ClN2O/c1-13-6-9(11)8-4-2-3-7(5-12-14)10(8)13/h2-4,6,12,14H,5H2,1H3. The Morgan fingerprint density at radius 1 is 1.50 bits per heavy atom. The molecule has 0 saturated heterocycles. The lowest BCUT2D eigenvalue weighted by atomic mass is 10.1. The van der Waals surface area contributed by atoms with Crippen LogP contribution in [0.5, 0.6) is 0 Å². The van der Waals surface area contributed by atoms with Crippen LogP contribution >= 0.6 is 11.6 Å². The van der Waals surface area contributed by atoms with E-state index >= 15 is 0 Å². The van der Waals surface area contributed by atoms with Gasteiger partial charge in [0.1, 0.15) is 0 Å². The molecular formula is C10H11ClN2O. The first-order valence-electron chi connectivity index (χ1n) is 4.33. The summed E-state index contributed by atoms with van der Waals surface area (Å²) in [5.74, 6) is 0. The van der Waals surface area contributed by atoms with Crippen LogP contribution < -0.4 is 5.48 Å². The number of hydrogen-bond acceptors (Lipinski definition) is 2. The third-order valence-electron chi connectivity index (χ3n) is 2.31. The highest BCUT2D eigenvalue weighted by atomic mass is 35.5. The molecule has 0 bridgehead atoms. The first kappa shape index (κ1) is 9.52. The van der Waals surface area contributed by atoms with Crippen molar-refractivity contribution in [3.63, 3.8) is 0 Å². The minimum Gasteiger partial charge on any atom is -0.349 e. The van der Waals surface area contributed by atoms with Crippen LogP contribution in [0.3, 0.4) is 0 Å². The molecule has 0 aliphatic carbocycles. The summed E-state index contributed by atoms with van der Waals surface area (Å²) in [6.45, 7) is 0.422. The van der Waals surface area contributed by atoms with E-state index in [2.05, 4.69) is 5.48 Å². The number of fused-ring (bicyclic) bond motifs is 1. The predicted molar refractivity (Wildman–Crippen MR) is 56.6 cm³/mol. The van der Waals surface area contributed by atoms with Crippen molar-refractivity contribution in [2.75, 3.05) is 0 Å². The first-order chi connectivity index (χ1) is 6.74. The Labute approximate surface area is 86.9 Å². The van der Waals surface area contributed by atoms with Gasteiger partial charge in [0.05, 0.1) is 10.5 Å². The molecule has 74 valence electrons. The highest BCUT2D eigenvalue weighted by Crippen LogP contribution is 2.27. The van der Waals surface area contributed by atoms with Crippen molar-refractivity contribution >= 4 is 22.5 Å².